The lowest BCUT2D eigenvalue weighted by Crippen LogP contribution is -2.00. The summed E-state index contributed by atoms with van der Waals surface area (Å²) in [5.74, 6) is 0. The van der Waals surface area contributed by atoms with E-state index in [1.807, 2.05) is 0 Å². The lowest BCUT2D eigenvalue weighted by atomic mass is 10.1. The first-order chi connectivity index (χ1) is 7.59. The Labute approximate surface area is 91.6 Å². The van der Waals surface area contributed by atoms with Gasteiger partial charge in [-0.1, -0.05) is 0 Å². The van der Waals surface area contributed by atoms with E-state index in [2.05, 4.69) is 9.98 Å². The van der Waals surface area contributed by atoms with Crippen LogP contribution in [-0.4, -0.2) is 18.9 Å². The molecular formula is C10H7N3O2S. The van der Waals surface area contributed by atoms with Gasteiger partial charge >= 0.3 is 0 Å². The second kappa shape index (κ2) is 2.79. The molecule has 1 aliphatic rings. The Kier molecular flexibility index (Phi) is 1.62. The summed E-state index contributed by atoms with van der Waals surface area (Å²) in [5.41, 5.74) is 8.12. The summed E-state index contributed by atoms with van der Waals surface area (Å²) in [6.45, 7) is 0. The maximum absolute atomic E-state index is 11.8. The third-order valence-corrected chi connectivity index (χ3v) is 3.85. The first kappa shape index (κ1) is 9.29. The van der Waals surface area contributed by atoms with Crippen LogP contribution in [0.5, 0.6) is 0 Å². The van der Waals surface area contributed by atoms with Crippen LogP contribution in [0.15, 0.2) is 34.3 Å². The monoisotopic (exact) mass is 233 g/mol. The SMILES string of the molecule is Nc1ccnc2ccc3c(c12)S(=O)(=O)C=N3. The van der Waals surface area contributed by atoms with Crippen molar-refractivity contribution in [3.05, 3.63) is 24.4 Å². The van der Waals surface area contributed by atoms with Gasteiger partial charge in [0.15, 0.2) is 0 Å². The van der Waals surface area contributed by atoms with Crippen LogP contribution in [0.1, 0.15) is 0 Å². The van der Waals surface area contributed by atoms with Crippen molar-refractivity contribution in [1.82, 2.24) is 4.98 Å². The summed E-state index contributed by atoms with van der Waals surface area (Å²) in [5, 5.41) is 0.456. The van der Waals surface area contributed by atoms with E-state index in [-0.39, 0.29) is 4.90 Å². The highest BCUT2D eigenvalue weighted by atomic mass is 32.2. The van der Waals surface area contributed by atoms with E-state index >= 15 is 0 Å². The number of benzene rings is 1. The number of pyridine rings is 1. The van der Waals surface area contributed by atoms with Crippen molar-refractivity contribution in [2.24, 2.45) is 4.99 Å². The molecule has 0 saturated heterocycles. The van der Waals surface area contributed by atoms with Gasteiger partial charge in [-0.05, 0) is 18.2 Å². The maximum Gasteiger partial charge on any atom is 0.219 e. The van der Waals surface area contributed by atoms with E-state index in [9.17, 15) is 8.42 Å². The highest BCUT2D eigenvalue weighted by Gasteiger charge is 2.26. The van der Waals surface area contributed by atoms with E-state index in [0.29, 0.717) is 22.3 Å². The number of nitrogen functional groups attached to an aromatic ring is 1. The van der Waals surface area contributed by atoms with E-state index in [0.717, 1.165) is 5.55 Å². The van der Waals surface area contributed by atoms with E-state index in [4.69, 9.17) is 5.73 Å². The predicted molar refractivity (Wildman–Crippen MR) is 61.5 cm³/mol. The molecule has 2 aromatic rings. The standard InChI is InChI=1S/C10H7N3O2S/c11-6-3-4-12-7-1-2-8-10(9(6)7)16(14,15)5-13-8/h1-5H,(H2,11,12). The minimum absolute atomic E-state index is 0.163. The van der Waals surface area contributed by atoms with E-state index < -0.39 is 9.84 Å². The van der Waals surface area contributed by atoms with Crippen LogP contribution >= 0.6 is 0 Å². The van der Waals surface area contributed by atoms with Crippen LogP contribution in [0, 0.1) is 0 Å². The molecule has 0 saturated carbocycles. The van der Waals surface area contributed by atoms with E-state index in [1.165, 1.54) is 0 Å². The molecule has 6 heteroatoms. The van der Waals surface area contributed by atoms with Gasteiger partial charge in [-0.25, -0.2) is 13.4 Å². The van der Waals surface area contributed by atoms with Gasteiger partial charge in [-0.15, -0.1) is 0 Å². The second-order valence-electron chi connectivity index (χ2n) is 3.49. The Morgan fingerprint density at radius 1 is 1.19 bits per heavy atom. The second-order valence-corrected chi connectivity index (χ2v) is 5.20. The molecule has 16 heavy (non-hydrogen) atoms. The number of nitrogens with zero attached hydrogens (tertiary/aromatic N) is 2. The predicted octanol–water partition coefficient (Wildman–Crippen LogP) is 1.26. The number of anilines is 1. The Hall–Kier alpha value is -1.95. The molecule has 0 radical (unpaired) electrons. The van der Waals surface area contributed by atoms with Crippen molar-refractivity contribution < 1.29 is 8.42 Å². The normalized spacial score (nSPS) is 16.5. The van der Waals surface area contributed by atoms with Crippen LogP contribution in [-0.2, 0) is 9.84 Å². The third-order valence-electron chi connectivity index (χ3n) is 2.49. The van der Waals surface area contributed by atoms with Gasteiger partial charge in [-0.2, -0.15) is 0 Å². The zero-order valence-electron chi connectivity index (χ0n) is 8.08. The topological polar surface area (TPSA) is 85.4 Å². The van der Waals surface area contributed by atoms with Gasteiger partial charge in [0.1, 0.15) is 10.4 Å². The highest BCUT2D eigenvalue weighted by Crippen LogP contribution is 2.37. The molecular weight excluding hydrogens is 226 g/mol. The molecule has 0 spiro atoms. The van der Waals surface area contributed by atoms with Crippen LogP contribution < -0.4 is 5.73 Å². The molecule has 2 N–H and O–H groups in total. The van der Waals surface area contributed by atoms with Crippen LogP contribution in [0.4, 0.5) is 11.4 Å². The Morgan fingerprint density at radius 2 is 2.00 bits per heavy atom. The molecule has 0 atom stereocenters. The zero-order chi connectivity index (χ0) is 11.3. The number of nitrogens with two attached hydrogens (primary N) is 1. The summed E-state index contributed by atoms with van der Waals surface area (Å²) >= 11 is 0. The van der Waals surface area contributed by atoms with Crippen LogP contribution in [0.2, 0.25) is 0 Å². The fourth-order valence-electron chi connectivity index (χ4n) is 1.80. The molecule has 0 unspecified atom stereocenters. The van der Waals surface area contributed by atoms with Gasteiger partial charge < -0.3 is 5.73 Å². The largest absolute Gasteiger partial charge is 0.398 e. The molecule has 2 heterocycles. The first-order valence-corrected chi connectivity index (χ1v) is 6.10. The minimum Gasteiger partial charge on any atom is -0.398 e. The smallest absolute Gasteiger partial charge is 0.219 e. The van der Waals surface area contributed by atoms with Crippen molar-refractivity contribution in [1.29, 1.82) is 0 Å². The fraction of sp³-hybridized carbons (Fsp3) is 0. The number of aromatic nitrogens is 1. The quantitative estimate of drug-likeness (QED) is 0.742. The summed E-state index contributed by atoms with van der Waals surface area (Å²) in [4.78, 5) is 8.09. The molecule has 0 bridgehead atoms. The molecule has 1 aromatic heterocycles. The summed E-state index contributed by atoms with van der Waals surface area (Å²) in [6, 6.07) is 4.92. The zero-order valence-corrected chi connectivity index (χ0v) is 8.90. The number of fused-ring (bicyclic) bond motifs is 3. The third kappa shape index (κ3) is 1.07. The molecule has 0 amide bonds. The Balaban J connectivity index is 2.61. The van der Waals surface area contributed by atoms with Gasteiger partial charge in [0, 0.05) is 17.3 Å². The molecule has 0 fully saturated rings. The summed E-state index contributed by atoms with van der Waals surface area (Å²) in [6.07, 6.45) is 1.55. The van der Waals surface area contributed by atoms with Crippen LogP contribution in [0.3, 0.4) is 0 Å². The van der Waals surface area contributed by atoms with Gasteiger partial charge in [0.25, 0.3) is 0 Å². The molecule has 3 rings (SSSR count). The molecule has 1 aromatic carbocycles. The fourth-order valence-corrected chi connectivity index (χ4v) is 3.07. The maximum atomic E-state index is 11.8. The average Bonchev–Trinajstić information content (AvgIpc) is 2.55. The lowest BCUT2D eigenvalue weighted by Gasteiger charge is -2.05. The summed E-state index contributed by atoms with van der Waals surface area (Å²) < 4.78 is 23.6. The minimum atomic E-state index is -3.47. The molecule has 0 aliphatic carbocycles. The Morgan fingerprint density at radius 3 is 2.81 bits per heavy atom. The van der Waals surface area contributed by atoms with Crippen molar-refractivity contribution in [2.75, 3.05) is 5.73 Å². The number of sulfone groups is 1. The number of rotatable bonds is 0. The van der Waals surface area contributed by atoms with Gasteiger partial charge in [-0.3, -0.25) is 4.98 Å². The highest BCUT2D eigenvalue weighted by molar-refractivity contribution is 8.05. The molecule has 80 valence electrons. The van der Waals surface area contributed by atoms with Crippen LogP contribution in [0.25, 0.3) is 10.9 Å². The first-order valence-electron chi connectivity index (χ1n) is 4.56. The van der Waals surface area contributed by atoms with Crippen molar-refractivity contribution >= 4 is 37.7 Å². The Bertz CT molecular complexity index is 735. The molecule has 5 nitrogen and oxygen atoms in total. The lowest BCUT2D eigenvalue weighted by molar-refractivity contribution is 0.610. The van der Waals surface area contributed by atoms with Gasteiger partial charge in [0.05, 0.1) is 11.2 Å². The average molecular weight is 233 g/mol. The summed E-state index contributed by atoms with van der Waals surface area (Å²) in [7, 11) is -3.47. The van der Waals surface area contributed by atoms with E-state index in [1.54, 1.807) is 24.4 Å². The number of hydrogen-bond donors (Lipinski definition) is 1. The number of aliphatic imine (C=N–C) groups is 1. The van der Waals surface area contributed by atoms with Crippen molar-refractivity contribution in [3.63, 3.8) is 0 Å². The van der Waals surface area contributed by atoms with Crippen molar-refractivity contribution in [2.45, 2.75) is 4.90 Å². The van der Waals surface area contributed by atoms with Crippen molar-refractivity contribution in [3.8, 4) is 0 Å². The number of hydrogen-bond acceptors (Lipinski definition) is 5. The van der Waals surface area contributed by atoms with Gasteiger partial charge in [0.2, 0.25) is 9.84 Å². The molecule has 1 aliphatic heterocycles.